The molecule has 0 bridgehead atoms. The maximum absolute atomic E-state index is 12.6. The smallest absolute Gasteiger partial charge is 0.252 e. The van der Waals surface area contributed by atoms with E-state index in [0.717, 1.165) is 39.4 Å². The van der Waals surface area contributed by atoms with Crippen molar-refractivity contribution >= 4 is 44.9 Å². The topological polar surface area (TPSA) is 54.9 Å². The summed E-state index contributed by atoms with van der Waals surface area (Å²) in [7, 11) is 0. The lowest BCUT2D eigenvalue weighted by molar-refractivity contribution is 0.0950. The number of benzene rings is 1. The maximum atomic E-state index is 12.6. The molecule has 27 heavy (non-hydrogen) atoms. The molecule has 140 valence electrons. The van der Waals surface area contributed by atoms with Gasteiger partial charge in [0, 0.05) is 33.2 Å². The van der Waals surface area contributed by atoms with Crippen LogP contribution in [-0.2, 0) is 6.42 Å². The van der Waals surface area contributed by atoms with Crippen molar-refractivity contribution in [1.82, 2.24) is 15.3 Å². The van der Waals surface area contributed by atoms with E-state index in [0.29, 0.717) is 12.1 Å². The van der Waals surface area contributed by atoms with Crippen molar-refractivity contribution in [1.29, 1.82) is 0 Å². The van der Waals surface area contributed by atoms with Crippen LogP contribution in [0.1, 0.15) is 33.9 Å². The Morgan fingerprint density at radius 2 is 2.07 bits per heavy atom. The number of halogens is 1. The van der Waals surface area contributed by atoms with Crippen LogP contribution in [0, 0.1) is 6.92 Å². The Hall–Kier alpha value is -1.70. The minimum atomic E-state index is -0.0414. The van der Waals surface area contributed by atoms with Crippen LogP contribution < -0.4 is 5.32 Å². The van der Waals surface area contributed by atoms with E-state index in [-0.39, 0.29) is 5.91 Å². The number of thiazole rings is 1. The number of unbranched alkanes of at least 4 members (excludes halogenated alkanes) is 1. The monoisotopic (exact) mass is 461 g/mol. The Morgan fingerprint density at radius 1 is 1.22 bits per heavy atom. The second-order valence-electron chi connectivity index (χ2n) is 6.01. The number of carbonyl (C=O) groups excluding carboxylic acids is 1. The van der Waals surface area contributed by atoms with Crippen LogP contribution in [0.15, 0.2) is 62.4 Å². The van der Waals surface area contributed by atoms with Gasteiger partial charge in [-0.15, -0.1) is 11.3 Å². The van der Waals surface area contributed by atoms with Crippen molar-refractivity contribution < 1.29 is 4.79 Å². The fraction of sp³-hybridized carbons (Fsp3) is 0.250. The Morgan fingerprint density at radius 3 is 2.81 bits per heavy atom. The van der Waals surface area contributed by atoms with E-state index in [1.165, 1.54) is 16.8 Å². The molecule has 3 aromatic rings. The molecule has 1 N–H and O–H groups in total. The molecular weight excluding hydrogens is 442 g/mol. The van der Waals surface area contributed by atoms with Gasteiger partial charge in [-0.25, -0.2) is 9.97 Å². The number of aryl methyl sites for hydroxylation is 2. The summed E-state index contributed by atoms with van der Waals surface area (Å²) in [5.41, 5.74) is 1.76. The molecule has 2 aromatic heterocycles. The molecular formula is C20H20BrN3OS2. The molecule has 1 aromatic carbocycles. The first-order valence-corrected chi connectivity index (χ1v) is 11.2. The first kappa shape index (κ1) is 20.0. The van der Waals surface area contributed by atoms with Crippen LogP contribution in [0.3, 0.4) is 0 Å². The van der Waals surface area contributed by atoms with Crippen molar-refractivity contribution in [2.45, 2.75) is 36.1 Å². The highest BCUT2D eigenvalue weighted by molar-refractivity contribution is 9.10. The number of carbonyl (C=O) groups is 1. The zero-order valence-corrected chi connectivity index (χ0v) is 18.2. The first-order chi connectivity index (χ1) is 13.1. The third kappa shape index (κ3) is 6.16. The van der Waals surface area contributed by atoms with Crippen LogP contribution >= 0.6 is 39.0 Å². The van der Waals surface area contributed by atoms with E-state index in [1.807, 2.05) is 43.3 Å². The summed E-state index contributed by atoms with van der Waals surface area (Å²) in [6, 6.07) is 11.5. The van der Waals surface area contributed by atoms with E-state index in [4.69, 9.17) is 0 Å². The number of aromatic nitrogens is 2. The van der Waals surface area contributed by atoms with E-state index in [1.54, 1.807) is 17.5 Å². The summed E-state index contributed by atoms with van der Waals surface area (Å²) >= 11 is 6.59. The summed E-state index contributed by atoms with van der Waals surface area (Å²) in [5, 5.41) is 7.13. The highest BCUT2D eigenvalue weighted by atomic mass is 79.9. The van der Waals surface area contributed by atoms with Gasteiger partial charge in [0.15, 0.2) is 0 Å². The van der Waals surface area contributed by atoms with Crippen molar-refractivity contribution in [2.24, 2.45) is 0 Å². The van der Waals surface area contributed by atoms with Gasteiger partial charge in [-0.05, 0) is 66.4 Å². The van der Waals surface area contributed by atoms with E-state index < -0.39 is 0 Å². The quantitative estimate of drug-likeness (QED) is 0.449. The zero-order valence-electron chi connectivity index (χ0n) is 14.9. The molecule has 0 saturated carbocycles. The molecule has 0 unspecified atom stereocenters. The highest BCUT2D eigenvalue weighted by Crippen LogP contribution is 2.29. The Bertz CT molecular complexity index is 896. The average Bonchev–Trinajstić information content (AvgIpc) is 3.09. The molecule has 3 rings (SSSR count). The average molecular weight is 462 g/mol. The molecule has 2 heterocycles. The Kier molecular flexibility index (Phi) is 7.43. The van der Waals surface area contributed by atoms with Gasteiger partial charge in [0.05, 0.1) is 10.6 Å². The van der Waals surface area contributed by atoms with Crippen LogP contribution in [0.2, 0.25) is 0 Å². The Balaban J connectivity index is 1.51. The maximum Gasteiger partial charge on any atom is 0.252 e. The Labute approximate surface area is 176 Å². The lowest BCUT2D eigenvalue weighted by atomic mass is 10.2. The van der Waals surface area contributed by atoms with Crippen molar-refractivity contribution in [3.63, 3.8) is 0 Å². The van der Waals surface area contributed by atoms with Crippen LogP contribution in [-0.4, -0.2) is 22.4 Å². The molecule has 4 nitrogen and oxygen atoms in total. The van der Waals surface area contributed by atoms with Crippen molar-refractivity contribution in [3.05, 3.63) is 68.7 Å². The molecule has 0 aliphatic rings. The van der Waals surface area contributed by atoms with Crippen molar-refractivity contribution in [2.75, 3.05) is 6.54 Å². The molecule has 0 aliphatic carbocycles. The van der Waals surface area contributed by atoms with Crippen LogP contribution in [0.25, 0.3) is 0 Å². The third-order valence-corrected chi connectivity index (χ3v) is 6.34. The molecule has 1 amide bonds. The van der Waals surface area contributed by atoms with E-state index in [2.05, 4.69) is 36.6 Å². The molecule has 0 fully saturated rings. The largest absolute Gasteiger partial charge is 0.352 e. The number of hydrogen-bond donors (Lipinski definition) is 1. The standard InChI is InChI=1S/C20H20BrN3OS2/c1-14-13-26-19(24-14)8-4-5-11-22-20(25)16-6-2-3-7-17(16)27-18-10-9-15(21)12-23-18/h2-3,6-7,9-10,12-13H,4-5,8,11H2,1H3,(H,22,25). The fourth-order valence-corrected chi connectivity index (χ4v) is 4.43. The van der Waals surface area contributed by atoms with Gasteiger partial charge < -0.3 is 5.32 Å². The summed E-state index contributed by atoms with van der Waals surface area (Å²) in [5.74, 6) is -0.0414. The number of pyridine rings is 1. The summed E-state index contributed by atoms with van der Waals surface area (Å²) < 4.78 is 0.936. The van der Waals surface area contributed by atoms with E-state index in [9.17, 15) is 4.79 Å². The van der Waals surface area contributed by atoms with Gasteiger partial charge in [0.25, 0.3) is 5.91 Å². The lowest BCUT2D eigenvalue weighted by Crippen LogP contribution is -2.25. The number of rotatable bonds is 8. The number of nitrogens with one attached hydrogen (secondary N) is 1. The van der Waals surface area contributed by atoms with E-state index >= 15 is 0 Å². The highest BCUT2D eigenvalue weighted by Gasteiger charge is 2.12. The lowest BCUT2D eigenvalue weighted by Gasteiger charge is -2.09. The first-order valence-electron chi connectivity index (χ1n) is 8.69. The fourth-order valence-electron chi connectivity index (χ4n) is 2.49. The SMILES string of the molecule is Cc1csc(CCCCNC(=O)c2ccccc2Sc2ccc(Br)cn2)n1. The molecule has 7 heteroatoms. The van der Waals surface area contributed by atoms with Gasteiger partial charge in [-0.2, -0.15) is 0 Å². The molecule has 0 radical (unpaired) electrons. The summed E-state index contributed by atoms with van der Waals surface area (Å²) in [4.78, 5) is 22.3. The number of hydrogen-bond acceptors (Lipinski definition) is 5. The molecule has 0 saturated heterocycles. The molecule has 0 spiro atoms. The molecule has 0 atom stereocenters. The predicted octanol–water partition coefficient (Wildman–Crippen LogP) is 5.51. The third-order valence-electron chi connectivity index (χ3n) is 3.82. The number of nitrogens with zero attached hydrogens (tertiary/aromatic N) is 2. The minimum Gasteiger partial charge on any atom is -0.352 e. The number of amides is 1. The summed E-state index contributed by atoms with van der Waals surface area (Å²) in [6.45, 7) is 2.68. The van der Waals surface area contributed by atoms with Gasteiger partial charge in [0.2, 0.25) is 0 Å². The normalized spacial score (nSPS) is 10.7. The van der Waals surface area contributed by atoms with Crippen LogP contribution in [0.4, 0.5) is 0 Å². The van der Waals surface area contributed by atoms with Crippen LogP contribution in [0.5, 0.6) is 0 Å². The van der Waals surface area contributed by atoms with Gasteiger partial charge in [-0.1, -0.05) is 23.9 Å². The predicted molar refractivity (Wildman–Crippen MR) is 115 cm³/mol. The second-order valence-corrected chi connectivity index (χ2v) is 8.93. The van der Waals surface area contributed by atoms with Gasteiger partial charge in [0.1, 0.15) is 5.03 Å². The minimum absolute atomic E-state index is 0.0414. The second kappa shape index (κ2) is 10.0. The summed E-state index contributed by atoms with van der Waals surface area (Å²) in [6.07, 6.45) is 4.69. The molecule has 0 aliphatic heterocycles. The van der Waals surface area contributed by atoms with Gasteiger partial charge >= 0.3 is 0 Å². The van der Waals surface area contributed by atoms with Gasteiger partial charge in [-0.3, -0.25) is 4.79 Å². The van der Waals surface area contributed by atoms with Crippen molar-refractivity contribution in [3.8, 4) is 0 Å². The zero-order chi connectivity index (χ0) is 19.1.